The van der Waals surface area contributed by atoms with E-state index in [9.17, 15) is 13.2 Å². The van der Waals surface area contributed by atoms with Crippen LogP contribution in [-0.2, 0) is 14.8 Å². The highest BCUT2D eigenvalue weighted by Crippen LogP contribution is 2.24. The Balaban J connectivity index is 0.000000361. The lowest BCUT2D eigenvalue weighted by Crippen LogP contribution is -2.28. The Hall–Kier alpha value is -2.00. The summed E-state index contributed by atoms with van der Waals surface area (Å²) < 4.78 is 26.2. The van der Waals surface area contributed by atoms with Gasteiger partial charge in [-0.15, -0.1) is 0 Å². The van der Waals surface area contributed by atoms with Gasteiger partial charge in [0.2, 0.25) is 5.91 Å². The highest BCUT2D eigenvalue weighted by molar-refractivity contribution is 7.89. The van der Waals surface area contributed by atoms with Crippen LogP contribution in [0.5, 0.6) is 0 Å². The SMILES string of the molecule is CC(N)=O.O=S(=O)(c1[nH]nc2ncccc12)N1CCCC1. The minimum Gasteiger partial charge on any atom is -0.370 e. The number of amides is 1. The Morgan fingerprint density at radius 1 is 1.38 bits per heavy atom. The minimum atomic E-state index is -3.45. The van der Waals surface area contributed by atoms with Crippen LogP contribution in [0.4, 0.5) is 0 Å². The molecule has 0 spiro atoms. The Labute approximate surface area is 122 Å². The molecule has 3 N–H and O–H groups in total. The van der Waals surface area contributed by atoms with Crippen molar-refractivity contribution in [1.82, 2.24) is 19.5 Å². The number of pyridine rings is 1. The van der Waals surface area contributed by atoms with Crippen molar-refractivity contribution in [2.24, 2.45) is 5.73 Å². The standard InChI is InChI=1S/C10H12N4O2S.C2H5NO/c15-17(16,14-6-1-2-7-14)10-8-4-3-5-11-9(8)12-13-10;1-2(3)4/h3-5H,1-2,6-7H2,(H,11,12,13);1H3,(H2,3,4). The average molecular weight is 311 g/mol. The molecule has 0 atom stereocenters. The van der Waals surface area contributed by atoms with Gasteiger partial charge >= 0.3 is 0 Å². The van der Waals surface area contributed by atoms with Crippen molar-refractivity contribution in [2.45, 2.75) is 24.8 Å². The Bertz CT molecular complexity index is 730. The normalized spacial score (nSPS) is 15.7. The van der Waals surface area contributed by atoms with E-state index in [1.165, 1.54) is 11.2 Å². The Morgan fingerprint density at radius 3 is 2.62 bits per heavy atom. The molecule has 0 saturated carbocycles. The highest BCUT2D eigenvalue weighted by atomic mass is 32.2. The number of sulfonamides is 1. The van der Waals surface area contributed by atoms with Crippen LogP contribution in [0.15, 0.2) is 23.4 Å². The first kappa shape index (κ1) is 15.4. The zero-order valence-corrected chi connectivity index (χ0v) is 12.4. The molecule has 8 nitrogen and oxygen atoms in total. The van der Waals surface area contributed by atoms with Gasteiger partial charge in [-0.05, 0) is 25.0 Å². The summed E-state index contributed by atoms with van der Waals surface area (Å²) in [5.41, 5.74) is 4.91. The zero-order valence-electron chi connectivity index (χ0n) is 11.6. The number of nitrogens with zero attached hydrogens (tertiary/aromatic N) is 3. The van der Waals surface area contributed by atoms with Gasteiger partial charge in [0.05, 0.1) is 5.39 Å². The maximum absolute atomic E-state index is 12.3. The largest absolute Gasteiger partial charge is 0.370 e. The maximum Gasteiger partial charge on any atom is 0.260 e. The summed E-state index contributed by atoms with van der Waals surface area (Å²) in [4.78, 5) is 13.2. The van der Waals surface area contributed by atoms with Gasteiger partial charge < -0.3 is 5.73 Å². The van der Waals surface area contributed by atoms with E-state index in [2.05, 4.69) is 20.9 Å². The molecule has 114 valence electrons. The summed E-state index contributed by atoms with van der Waals surface area (Å²) in [6.07, 6.45) is 3.43. The van der Waals surface area contributed by atoms with Crippen molar-refractivity contribution in [3.05, 3.63) is 18.3 Å². The molecule has 1 fully saturated rings. The molecule has 1 aliphatic heterocycles. The molecule has 0 aliphatic carbocycles. The van der Waals surface area contributed by atoms with E-state index < -0.39 is 10.0 Å². The molecule has 0 bridgehead atoms. The molecule has 1 aliphatic rings. The summed E-state index contributed by atoms with van der Waals surface area (Å²) in [5.74, 6) is -0.333. The van der Waals surface area contributed by atoms with Crippen molar-refractivity contribution in [3.63, 3.8) is 0 Å². The summed E-state index contributed by atoms with van der Waals surface area (Å²) in [6.45, 7) is 2.48. The third-order valence-corrected chi connectivity index (χ3v) is 4.83. The van der Waals surface area contributed by atoms with Crippen LogP contribution in [-0.4, -0.2) is 46.9 Å². The van der Waals surface area contributed by atoms with Crippen LogP contribution in [0.1, 0.15) is 19.8 Å². The number of nitrogens with two attached hydrogens (primary N) is 1. The molecular weight excluding hydrogens is 294 g/mol. The van der Waals surface area contributed by atoms with E-state index in [1.807, 2.05) is 0 Å². The lowest BCUT2D eigenvalue weighted by Gasteiger charge is -2.13. The molecule has 2 aromatic rings. The van der Waals surface area contributed by atoms with Crippen LogP contribution in [0, 0.1) is 0 Å². The molecule has 3 heterocycles. The van der Waals surface area contributed by atoms with Gasteiger partial charge in [-0.25, -0.2) is 13.4 Å². The number of aromatic amines is 1. The quantitative estimate of drug-likeness (QED) is 0.822. The van der Waals surface area contributed by atoms with Gasteiger partial charge in [-0.2, -0.15) is 9.40 Å². The van der Waals surface area contributed by atoms with Crippen LogP contribution < -0.4 is 5.73 Å². The third kappa shape index (κ3) is 3.37. The van der Waals surface area contributed by atoms with Crippen molar-refractivity contribution < 1.29 is 13.2 Å². The van der Waals surface area contributed by atoms with Crippen LogP contribution in [0.25, 0.3) is 11.0 Å². The number of hydrogen-bond acceptors (Lipinski definition) is 5. The number of carbonyl (C=O) groups is 1. The summed E-state index contributed by atoms with van der Waals surface area (Å²) in [6, 6.07) is 3.43. The summed E-state index contributed by atoms with van der Waals surface area (Å²) >= 11 is 0. The number of primary amides is 1. The second-order valence-electron chi connectivity index (χ2n) is 4.65. The van der Waals surface area contributed by atoms with Crippen molar-refractivity contribution in [2.75, 3.05) is 13.1 Å². The highest BCUT2D eigenvalue weighted by Gasteiger charge is 2.30. The second-order valence-corrected chi connectivity index (χ2v) is 6.52. The summed E-state index contributed by atoms with van der Waals surface area (Å²) in [7, 11) is -3.45. The first-order valence-electron chi connectivity index (χ1n) is 6.48. The van der Waals surface area contributed by atoms with Crippen molar-refractivity contribution >= 4 is 27.0 Å². The van der Waals surface area contributed by atoms with E-state index in [0.717, 1.165) is 12.8 Å². The Morgan fingerprint density at radius 2 is 2.00 bits per heavy atom. The van der Waals surface area contributed by atoms with Gasteiger partial charge in [0.15, 0.2) is 10.7 Å². The summed E-state index contributed by atoms with van der Waals surface area (Å²) in [5, 5.41) is 7.21. The van der Waals surface area contributed by atoms with Gasteiger partial charge in [0.1, 0.15) is 0 Å². The molecule has 2 aromatic heterocycles. The number of H-pyrrole nitrogens is 1. The van der Waals surface area contributed by atoms with Gasteiger partial charge in [-0.1, -0.05) is 0 Å². The first-order valence-corrected chi connectivity index (χ1v) is 7.92. The van der Waals surface area contributed by atoms with Crippen molar-refractivity contribution in [3.8, 4) is 0 Å². The van der Waals surface area contributed by atoms with E-state index in [-0.39, 0.29) is 10.9 Å². The molecule has 0 unspecified atom stereocenters. The van der Waals surface area contributed by atoms with E-state index in [4.69, 9.17) is 0 Å². The number of hydrogen-bond donors (Lipinski definition) is 2. The molecule has 3 rings (SSSR count). The molecular formula is C12H17N5O3S. The minimum absolute atomic E-state index is 0.155. The van der Waals surface area contributed by atoms with E-state index >= 15 is 0 Å². The van der Waals surface area contributed by atoms with Gasteiger partial charge in [0.25, 0.3) is 10.0 Å². The molecule has 0 radical (unpaired) electrons. The van der Waals surface area contributed by atoms with Crippen LogP contribution >= 0.6 is 0 Å². The van der Waals surface area contributed by atoms with Gasteiger partial charge in [0, 0.05) is 26.2 Å². The fraction of sp³-hybridized carbons (Fsp3) is 0.417. The molecule has 1 amide bonds. The molecule has 21 heavy (non-hydrogen) atoms. The monoisotopic (exact) mass is 311 g/mol. The molecule has 0 aromatic carbocycles. The number of aromatic nitrogens is 3. The lowest BCUT2D eigenvalue weighted by atomic mass is 10.4. The smallest absolute Gasteiger partial charge is 0.260 e. The fourth-order valence-electron chi connectivity index (χ4n) is 2.08. The van der Waals surface area contributed by atoms with Crippen LogP contribution in [0.3, 0.4) is 0 Å². The first-order chi connectivity index (χ1) is 9.93. The van der Waals surface area contributed by atoms with Crippen LogP contribution in [0.2, 0.25) is 0 Å². The Kier molecular flexibility index (Phi) is 4.53. The number of carbonyl (C=O) groups excluding carboxylic acids is 1. The van der Waals surface area contributed by atoms with E-state index in [0.29, 0.717) is 24.1 Å². The fourth-order valence-corrected chi connectivity index (χ4v) is 3.68. The molecule has 9 heteroatoms. The topological polar surface area (TPSA) is 122 Å². The number of fused-ring (bicyclic) bond motifs is 1. The average Bonchev–Trinajstić information content (AvgIpc) is 3.08. The third-order valence-electron chi connectivity index (χ3n) is 2.96. The molecule has 1 saturated heterocycles. The number of rotatable bonds is 2. The zero-order chi connectivity index (χ0) is 15.5. The maximum atomic E-state index is 12.3. The lowest BCUT2D eigenvalue weighted by molar-refractivity contribution is -0.115. The predicted molar refractivity (Wildman–Crippen MR) is 76.7 cm³/mol. The van der Waals surface area contributed by atoms with E-state index in [1.54, 1.807) is 18.3 Å². The van der Waals surface area contributed by atoms with Crippen molar-refractivity contribution in [1.29, 1.82) is 0 Å². The van der Waals surface area contributed by atoms with Gasteiger partial charge in [-0.3, -0.25) is 9.89 Å². The number of nitrogens with one attached hydrogen (secondary N) is 1. The predicted octanol–water partition coefficient (Wildman–Crippen LogP) is 0.234. The second kappa shape index (κ2) is 6.19.